The van der Waals surface area contributed by atoms with Gasteiger partial charge in [0, 0.05) is 41.4 Å². The highest BCUT2D eigenvalue weighted by Crippen LogP contribution is 2.41. The Morgan fingerprint density at radius 2 is 1.67 bits per heavy atom. The normalized spacial score (nSPS) is 24.3. The summed E-state index contributed by atoms with van der Waals surface area (Å²) in [6.45, 7) is 0. The monoisotopic (exact) mass is 276 g/mol. The van der Waals surface area contributed by atoms with E-state index in [1.807, 2.05) is 24.3 Å². The number of nitriles is 1. The van der Waals surface area contributed by atoms with E-state index in [2.05, 4.69) is 23.1 Å². The van der Waals surface area contributed by atoms with E-state index in [0.29, 0.717) is 30.7 Å². The van der Waals surface area contributed by atoms with Crippen molar-refractivity contribution >= 4 is 22.2 Å². The predicted molar refractivity (Wildman–Crippen MR) is 82.2 cm³/mol. The Kier molecular flexibility index (Phi) is 2.71. The fourth-order valence-corrected chi connectivity index (χ4v) is 3.97. The number of carbonyl (C=O) groups excluding carboxylic acids is 1. The number of Topliss-reactive ketones (excluding diaryl/α,β-unsaturated/α-hetero) is 1. The number of piperidine rings is 1. The second-order valence-corrected chi connectivity index (χ2v) is 6.03. The third kappa shape index (κ3) is 1.83. The smallest absolute Gasteiger partial charge is 0.137 e. The first-order chi connectivity index (χ1) is 10.3. The largest absolute Gasteiger partial charge is 0.364 e. The van der Waals surface area contributed by atoms with Gasteiger partial charge in [-0.25, -0.2) is 0 Å². The molecule has 2 aliphatic heterocycles. The molecule has 0 aromatic heterocycles. The first-order valence-electron chi connectivity index (χ1n) is 7.50. The highest BCUT2D eigenvalue weighted by molar-refractivity contribution is 5.99. The van der Waals surface area contributed by atoms with E-state index in [1.54, 1.807) is 0 Å². The van der Waals surface area contributed by atoms with Crippen molar-refractivity contribution in [2.75, 3.05) is 4.90 Å². The third-order valence-corrected chi connectivity index (χ3v) is 4.85. The predicted octanol–water partition coefficient (Wildman–Crippen LogP) is 3.41. The van der Waals surface area contributed by atoms with E-state index in [9.17, 15) is 10.1 Å². The summed E-state index contributed by atoms with van der Waals surface area (Å²) in [7, 11) is 0. The quantitative estimate of drug-likeness (QED) is 0.801. The Morgan fingerprint density at radius 1 is 1.00 bits per heavy atom. The summed E-state index contributed by atoms with van der Waals surface area (Å²) in [5.41, 5.74) is 1.90. The van der Waals surface area contributed by atoms with Crippen LogP contribution in [0.15, 0.2) is 36.4 Å². The molecule has 2 aromatic carbocycles. The lowest BCUT2D eigenvalue weighted by molar-refractivity contribution is -0.120. The van der Waals surface area contributed by atoms with Gasteiger partial charge in [-0.2, -0.15) is 5.26 Å². The molecular formula is C18H16N2O. The molecule has 2 aromatic rings. The van der Waals surface area contributed by atoms with Gasteiger partial charge >= 0.3 is 0 Å². The third-order valence-electron chi connectivity index (χ3n) is 4.85. The lowest BCUT2D eigenvalue weighted by atomic mass is 9.97. The van der Waals surface area contributed by atoms with Crippen molar-refractivity contribution in [3.63, 3.8) is 0 Å². The van der Waals surface area contributed by atoms with Crippen LogP contribution in [0.3, 0.4) is 0 Å². The van der Waals surface area contributed by atoms with Crippen LogP contribution >= 0.6 is 0 Å². The van der Waals surface area contributed by atoms with Gasteiger partial charge in [0.25, 0.3) is 0 Å². The molecule has 0 unspecified atom stereocenters. The number of anilines is 1. The number of fused-ring (bicyclic) bond motifs is 3. The van der Waals surface area contributed by atoms with Crippen LogP contribution in [-0.4, -0.2) is 17.9 Å². The fourth-order valence-electron chi connectivity index (χ4n) is 3.97. The molecule has 2 aliphatic rings. The zero-order valence-electron chi connectivity index (χ0n) is 11.7. The van der Waals surface area contributed by atoms with Crippen LogP contribution in [0.25, 0.3) is 10.8 Å². The Labute approximate surface area is 123 Å². The topological polar surface area (TPSA) is 44.1 Å². The minimum atomic E-state index is 0.340. The molecule has 0 aliphatic carbocycles. The summed E-state index contributed by atoms with van der Waals surface area (Å²) < 4.78 is 0. The van der Waals surface area contributed by atoms with Crippen LogP contribution in [0.2, 0.25) is 0 Å². The molecule has 2 atom stereocenters. The average Bonchev–Trinajstić information content (AvgIpc) is 2.77. The van der Waals surface area contributed by atoms with Crippen molar-refractivity contribution in [2.24, 2.45) is 0 Å². The molecule has 0 spiro atoms. The van der Waals surface area contributed by atoms with Gasteiger partial charge in [0.15, 0.2) is 0 Å². The van der Waals surface area contributed by atoms with Gasteiger partial charge in [-0.15, -0.1) is 0 Å². The van der Waals surface area contributed by atoms with E-state index < -0.39 is 0 Å². The molecule has 2 heterocycles. The first-order valence-corrected chi connectivity index (χ1v) is 7.50. The molecule has 2 fully saturated rings. The van der Waals surface area contributed by atoms with Gasteiger partial charge < -0.3 is 4.90 Å². The summed E-state index contributed by atoms with van der Waals surface area (Å²) in [4.78, 5) is 14.2. The van der Waals surface area contributed by atoms with Gasteiger partial charge in [0.1, 0.15) is 5.78 Å². The first kappa shape index (κ1) is 12.4. The van der Waals surface area contributed by atoms with E-state index >= 15 is 0 Å². The summed E-state index contributed by atoms with van der Waals surface area (Å²) >= 11 is 0. The van der Waals surface area contributed by atoms with E-state index in [-0.39, 0.29) is 0 Å². The van der Waals surface area contributed by atoms with Gasteiger partial charge in [0.2, 0.25) is 0 Å². The summed E-state index contributed by atoms with van der Waals surface area (Å²) in [5.74, 6) is 0.400. The Morgan fingerprint density at radius 3 is 2.33 bits per heavy atom. The van der Waals surface area contributed by atoms with E-state index in [0.717, 1.165) is 29.2 Å². The second kappa shape index (κ2) is 4.60. The maximum Gasteiger partial charge on any atom is 0.137 e. The summed E-state index contributed by atoms with van der Waals surface area (Å²) in [6, 6.07) is 15.0. The number of nitrogens with zero attached hydrogens (tertiary/aromatic N) is 2. The van der Waals surface area contributed by atoms with Crippen LogP contribution in [0.4, 0.5) is 5.69 Å². The Hall–Kier alpha value is -2.34. The average molecular weight is 276 g/mol. The van der Waals surface area contributed by atoms with Crippen LogP contribution in [0.1, 0.15) is 31.2 Å². The van der Waals surface area contributed by atoms with Gasteiger partial charge in [-0.3, -0.25) is 4.79 Å². The van der Waals surface area contributed by atoms with Crippen LogP contribution < -0.4 is 4.90 Å². The number of hydrogen-bond donors (Lipinski definition) is 0. The van der Waals surface area contributed by atoms with Crippen molar-refractivity contribution in [1.29, 1.82) is 5.26 Å². The van der Waals surface area contributed by atoms with Crippen molar-refractivity contribution in [3.05, 3.63) is 42.0 Å². The van der Waals surface area contributed by atoms with Crippen LogP contribution in [0.5, 0.6) is 0 Å². The molecule has 0 N–H and O–H groups in total. The van der Waals surface area contributed by atoms with Gasteiger partial charge in [-0.05, 0) is 25.0 Å². The molecule has 0 saturated carbocycles. The molecule has 0 amide bonds. The SMILES string of the molecule is N#Cc1ccc(N2[C@@H]3CC[C@@H]2CC(=O)C3)c2ccccc12. The molecule has 21 heavy (non-hydrogen) atoms. The van der Waals surface area contributed by atoms with E-state index in [4.69, 9.17) is 0 Å². The molecule has 4 rings (SSSR count). The standard InChI is InChI=1S/C18H16N2O/c19-11-12-5-8-18(17-4-2-1-3-16(12)17)20-13-6-7-14(20)10-15(21)9-13/h1-5,8,13-14H,6-7,9-10H2/t13-,14-/m1/s1. The lowest BCUT2D eigenvalue weighted by Crippen LogP contribution is -2.43. The Bertz CT molecular complexity index is 758. The van der Waals surface area contributed by atoms with E-state index in [1.165, 1.54) is 5.69 Å². The van der Waals surface area contributed by atoms with Crippen molar-refractivity contribution in [2.45, 2.75) is 37.8 Å². The van der Waals surface area contributed by atoms with Gasteiger partial charge in [-0.1, -0.05) is 24.3 Å². The highest BCUT2D eigenvalue weighted by Gasteiger charge is 2.40. The molecule has 104 valence electrons. The number of benzene rings is 2. The highest BCUT2D eigenvalue weighted by atomic mass is 16.1. The molecule has 2 saturated heterocycles. The van der Waals surface area contributed by atoms with Crippen LogP contribution in [-0.2, 0) is 4.79 Å². The Balaban J connectivity index is 1.89. The number of rotatable bonds is 1. The van der Waals surface area contributed by atoms with Crippen molar-refractivity contribution in [1.82, 2.24) is 0 Å². The zero-order valence-corrected chi connectivity index (χ0v) is 11.7. The zero-order chi connectivity index (χ0) is 14.4. The lowest BCUT2D eigenvalue weighted by Gasteiger charge is -2.36. The molecule has 2 bridgehead atoms. The fraction of sp³-hybridized carbons (Fsp3) is 0.333. The van der Waals surface area contributed by atoms with Crippen molar-refractivity contribution < 1.29 is 4.79 Å². The molecule has 0 radical (unpaired) electrons. The van der Waals surface area contributed by atoms with Gasteiger partial charge in [0.05, 0.1) is 11.6 Å². The molecular weight excluding hydrogens is 260 g/mol. The minimum absolute atomic E-state index is 0.340. The summed E-state index contributed by atoms with van der Waals surface area (Å²) in [6.07, 6.45) is 3.55. The molecule has 3 heteroatoms. The minimum Gasteiger partial charge on any atom is -0.364 e. The maximum absolute atomic E-state index is 11.8. The number of carbonyl (C=O) groups is 1. The number of hydrogen-bond acceptors (Lipinski definition) is 3. The summed E-state index contributed by atoms with van der Waals surface area (Å²) in [5, 5.41) is 11.4. The molecule has 3 nitrogen and oxygen atoms in total. The number of ketones is 1. The maximum atomic E-state index is 11.8. The van der Waals surface area contributed by atoms with Crippen molar-refractivity contribution in [3.8, 4) is 6.07 Å². The second-order valence-electron chi connectivity index (χ2n) is 6.03. The van der Waals surface area contributed by atoms with Crippen LogP contribution in [0, 0.1) is 11.3 Å².